The van der Waals surface area contributed by atoms with E-state index in [1.54, 1.807) is 33.6 Å². The molecule has 0 saturated carbocycles. The minimum Gasteiger partial charge on any atom is -0.293 e. The Hall–Kier alpha value is -1.46. The zero-order valence-electron chi connectivity index (χ0n) is 14.3. The number of aromatic nitrogens is 2. The van der Waals surface area contributed by atoms with E-state index < -0.39 is 0 Å². The number of fused-ring (bicyclic) bond motifs is 3. The van der Waals surface area contributed by atoms with Gasteiger partial charge in [0.15, 0.2) is 0 Å². The van der Waals surface area contributed by atoms with Gasteiger partial charge in [-0.15, -0.1) is 22.7 Å². The number of nitrogens with zero attached hydrogens (tertiary/aromatic N) is 2. The summed E-state index contributed by atoms with van der Waals surface area (Å²) >= 11 is 3.41. The topological polar surface area (TPSA) is 34.9 Å². The van der Waals surface area contributed by atoms with Crippen molar-refractivity contribution in [3.05, 3.63) is 49.5 Å². The minimum atomic E-state index is 0.125. The first-order chi connectivity index (χ1) is 11.4. The SMILES string of the molecule is CC(C)(C)C1CCc2c(sc3ncn(Cc4cccs4)c(=O)c23)C1. The molecule has 0 aliphatic heterocycles. The number of hydrogen-bond acceptors (Lipinski definition) is 4. The van der Waals surface area contributed by atoms with Crippen LogP contribution >= 0.6 is 22.7 Å². The van der Waals surface area contributed by atoms with E-state index in [1.807, 2.05) is 11.4 Å². The molecule has 1 aliphatic carbocycles. The molecule has 4 rings (SSSR count). The second-order valence-corrected chi connectivity index (χ2v) is 9.86. The van der Waals surface area contributed by atoms with E-state index in [2.05, 4.69) is 31.8 Å². The Bertz CT molecular complexity index is 929. The van der Waals surface area contributed by atoms with Crippen molar-refractivity contribution in [3.63, 3.8) is 0 Å². The molecule has 0 radical (unpaired) electrons. The Morgan fingerprint density at radius 1 is 1.38 bits per heavy atom. The van der Waals surface area contributed by atoms with Crippen LogP contribution in [-0.2, 0) is 19.4 Å². The van der Waals surface area contributed by atoms with Crippen molar-refractivity contribution in [1.29, 1.82) is 0 Å². The first-order valence-electron chi connectivity index (χ1n) is 8.45. The van der Waals surface area contributed by atoms with Crippen molar-refractivity contribution in [2.45, 2.75) is 46.6 Å². The zero-order chi connectivity index (χ0) is 16.9. The van der Waals surface area contributed by atoms with Crippen LogP contribution in [0.3, 0.4) is 0 Å². The maximum Gasteiger partial charge on any atom is 0.262 e. The largest absolute Gasteiger partial charge is 0.293 e. The lowest BCUT2D eigenvalue weighted by molar-refractivity contribution is 0.218. The third-order valence-electron chi connectivity index (χ3n) is 5.17. The van der Waals surface area contributed by atoms with Crippen LogP contribution in [0.5, 0.6) is 0 Å². The molecule has 1 unspecified atom stereocenters. The Balaban J connectivity index is 1.76. The number of rotatable bonds is 2. The van der Waals surface area contributed by atoms with Crippen LogP contribution in [-0.4, -0.2) is 9.55 Å². The molecule has 0 bridgehead atoms. The number of aryl methyl sites for hydroxylation is 1. The molecule has 0 spiro atoms. The van der Waals surface area contributed by atoms with Crippen LogP contribution < -0.4 is 5.56 Å². The molecule has 3 aromatic rings. The van der Waals surface area contributed by atoms with Gasteiger partial charge in [-0.2, -0.15) is 0 Å². The summed E-state index contributed by atoms with van der Waals surface area (Å²) in [5.74, 6) is 0.686. The van der Waals surface area contributed by atoms with Gasteiger partial charge in [-0.3, -0.25) is 9.36 Å². The van der Waals surface area contributed by atoms with Crippen molar-refractivity contribution in [1.82, 2.24) is 9.55 Å². The molecule has 0 fully saturated rings. The van der Waals surface area contributed by atoms with E-state index in [0.29, 0.717) is 17.9 Å². The number of hydrogen-bond donors (Lipinski definition) is 0. The zero-order valence-corrected chi connectivity index (χ0v) is 16.0. The van der Waals surface area contributed by atoms with Crippen molar-refractivity contribution in [2.24, 2.45) is 11.3 Å². The molecule has 3 heterocycles. The van der Waals surface area contributed by atoms with Crippen LogP contribution in [0, 0.1) is 11.3 Å². The summed E-state index contributed by atoms with van der Waals surface area (Å²) in [7, 11) is 0. The molecule has 3 aromatic heterocycles. The Morgan fingerprint density at radius 2 is 2.21 bits per heavy atom. The smallest absolute Gasteiger partial charge is 0.262 e. The molecule has 0 amide bonds. The summed E-state index contributed by atoms with van der Waals surface area (Å²) in [5.41, 5.74) is 1.72. The van der Waals surface area contributed by atoms with Gasteiger partial charge in [0.05, 0.1) is 18.3 Å². The minimum absolute atomic E-state index is 0.125. The molecule has 0 saturated heterocycles. The van der Waals surface area contributed by atoms with Crippen molar-refractivity contribution < 1.29 is 0 Å². The maximum absolute atomic E-state index is 13.0. The summed E-state index contributed by atoms with van der Waals surface area (Å²) in [4.78, 5) is 21.1. The quantitative estimate of drug-likeness (QED) is 0.664. The van der Waals surface area contributed by atoms with Crippen molar-refractivity contribution in [3.8, 4) is 0 Å². The average Bonchev–Trinajstić information content (AvgIpc) is 3.15. The van der Waals surface area contributed by atoms with Gasteiger partial charge in [-0.25, -0.2) is 4.98 Å². The summed E-state index contributed by atoms with van der Waals surface area (Å²) < 4.78 is 1.76. The summed E-state index contributed by atoms with van der Waals surface area (Å²) in [6.45, 7) is 7.58. The van der Waals surface area contributed by atoms with Crippen molar-refractivity contribution in [2.75, 3.05) is 0 Å². The predicted octanol–water partition coefficient (Wildman–Crippen LogP) is 4.72. The van der Waals surface area contributed by atoms with Crippen molar-refractivity contribution >= 4 is 32.9 Å². The molecule has 1 aliphatic rings. The van der Waals surface area contributed by atoms with E-state index in [1.165, 1.54) is 21.7 Å². The monoisotopic (exact) mass is 358 g/mol. The molecule has 126 valence electrons. The van der Waals surface area contributed by atoms with Crippen LogP contribution in [0.1, 0.15) is 42.5 Å². The van der Waals surface area contributed by atoms with Crippen LogP contribution in [0.4, 0.5) is 0 Å². The highest BCUT2D eigenvalue weighted by Crippen LogP contribution is 2.41. The normalized spacial score (nSPS) is 18.0. The van der Waals surface area contributed by atoms with Gasteiger partial charge < -0.3 is 0 Å². The summed E-state index contributed by atoms with van der Waals surface area (Å²) in [6.07, 6.45) is 4.98. The second kappa shape index (κ2) is 5.81. The Morgan fingerprint density at radius 3 is 2.92 bits per heavy atom. The van der Waals surface area contributed by atoms with E-state index >= 15 is 0 Å². The van der Waals surface area contributed by atoms with E-state index in [4.69, 9.17) is 0 Å². The maximum atomic E-state index is 13.0. The average molecular weight is 359 g/mol. The van der Waals surface area contributed by atoms with Gasteiger partial charge >= 0.3 is 0 Å². The third kappa shape index (κ3) is 2.74. The van der Waals surface area contributed by atoms with Gasteiger partial charge in [0, 0.05) is 9.75 Å². The molecule has 0 N–H and O–H groups in total. The number of thiophene rings is 2. The molecule has 5 heteroatoms. The molecular weight excluding hydrogens is 336 g/mol. The fraction of sp³-hybridized carbons (Fsp3) is 0.474. The predicted molar refractivity (Wildman–Crippen MR) is 102 cm³/mol. The lowest BCUT2D eigenvalue weighted by Gasteiger charge is -2.33. The fourth-order valence-corrected chi connectivity index (χ4v) is 5.58. The second-order valence-electron chi connectivity index (χ2n) is 7.75. The summed E-state index contributed by atoms with van der Waals surface area (Å²) in [6, 6.07) is 4.09. The van der Waals surface area contributed by atoms with Gasteiger partial charge in [0.2, 0.25) is 0 Å². The molecule has 24 heavy (non-hydrogen) atoms. The van der Waals surface area contributed by atoms with E-state index in [9.17, 15) is 4.79 Å². The highest BCUT2D eigenvalue weighted by Gasteiger charge is 2.31. The lowest BCUT2D eigenvalue weighted by Crippen LogP contribution is -2.27. The van der Waals surface area contributed by atoms with Gasteiger partial charge in [0.1, 0.15) is 4.83 Å². The molecule has 3 nitrogen and oxygen atoms in total. The van der Waals surface area contributed by atoms with Crippen LogP contribution in [0.2, 0.25) is 0 Å². The summed E-state index contributed by atoms with van der Waals surface area (Å²) in [5, 5.41) is 2.92. The van der Waals surface area contributed by atoms with Gasteiger partial charge in [0.25, 0.3) is 5.56 Å². The lowest BCUT2D eigenvalue weighted by atomic mass is 9.72. The molecule has 0 aromatic carbocycles. The third-order valence-corrected chi connectivity index (χ3v) is 7.19. The highest BCUT2D eigenvalue weighted by atomic mass is 32.1. The van der Waals surface area contributed by atoms with Crippen LogP contribution in [0.15, 0.2) is 28.6 Å². The van der Waals surface area contributed by atoms with Gasteiger partial charge in [-0.1, -0.05) is 26.8 Å². The Kier molecular flexibility index (Phi) is 3.88. The fourth-order valence-electron chi connectivity index (χ4n) is 3.62. The standard InChI is InChI=1S/C19H22N2OS2/c1-19(2,3)12-6-7-14-15(9-12)24-17-16(14)18(22)21(11-20-17)10-13-5-4-8-23-13/h4-5,8,11-12H,6-7,9-10H2,1-3H3. The first kappa shape index (κ1) is 16.0. The highest BCUT2D eigenvalue weighted by molar-refractivity contribution is 7.18. The molecular formula is C19H22N2OS2. The van der Waals surface area contributed by atoms with E-state index in [0.717, 1.165) is 23.1 Å². The molecule has 1 atom stereocenters. The van der Waals surface area contributed by atoms with Gasteiger partial charge in [-0.05, 0) is 47.6 Å². The first-order valence-corrected chi connectivity index (χ1v) is 10.1. The Labute approximate surface area is 150 Å². The van der Waals surface area contributed by atoms with Crippen LogP contribution in [0.25, 0.3) is 10.2 Å². The van der Waals surface area contributed by atoms with E-state index in [-0.39, 0.29) is 5.56 Å².